The van der Waals surface area contributed by atoms with Crippen molar-refractivity contribution in [1.29, 1.82) is 0 Å². The highest BCUT2D eigenvalue weighted by molar-refractivity contribution is 6.76. The zero-order valence-electron chi connectivity index (χ0n) is 9.53. The monoisotopic (exact) mass is 222 g/mol. The molecule has 3 heteroatoms. The molecule has 0 fully saturated rings. The summed E-state index contributed by atoms with van der Waals surface area (Å²) in [6.07, 6.45) is 2.28. The van der Waals surface area contributed by atoms with Gasteiger partial charge in [-0.15, -0.1) is 0 Å². The van der Waals surface area contributed by atoms with E-state index in [1.165, 1.54) is 0 Å². The number of aliphatic hydroxyl groups is 1. The van der Waals surface area contributed by atoms with Gasteiger partial charge in [0.05, 0.1) is 14.3 Å². The Morgan fingerprint density at radius 1 is 1.27 bits per heavy atom. The van der Waals surface area contributed by atoms with Crippen molar-refractivity contribution in [3.63, 3.8) is 0 Å². The third-order valence-corrected chi connectivity index (χ3v) is 2.75. The number of hydrogen-bond acceptors (Lipinski definition) is 2. The number of hydrogen-bond donors (Lipinski definition) is 1. The van der Waals surface area contributed by atoms with Crippen molar-refractivity contribution in [2.75, 3.05) is 6.23 Å². The van der Waals surface area contributed by atoms with Crippen molar-refractivity contribution in [2.45, 2.75) is 19.6 Å². The standard InChI is InChI=1S/C12H18O2Si/c1-15(2,3)10-14-12(13)9-11-7-5-4-6-8-11/h4-9,13H,10H2,1-3H3/b12-9-. The van der Waals surface area contributed by atoms with Gasteiger partial charge in [-0.25, -0.2) is 0 Å². The second-order valence-electron chi connectivity index (χ2n) is 4.74. The van der Waals surface area contributed by atoms with Gasteiger partial charge >= 0.3 is 0 Å². The lowest BCUT2D eigenvalue weighted by Gasteiger charge is -2.15. The number of ether oxygens (including phenoxy) is 1. The van der Waals surface area contributed by atoms with E-state index in [2.05, 4.69) is 19.6 Å². The van der Waals surface area contributed by atoms with Gasteiger partial charge in [0.1, 0.15) is 0 Å². The van der Waals surface area contributed by atoms with E-state index in [4.69, 9.17) is 4.74 Å². The molecule has 0 amide bonds. The first kappa shape index (κ1) is 11.8. The predicted octanol–water partition coefficient (Wildman–Crippen LogP) is 3.44. The van der Waals surface area contributed by atoms with E-state index in [-0.39, 0.29) is 5.95 Å². The maximum Gasteiger partial charge on any atom is 0.276 e. The summed E-state index contributed by atoms with van der Waals surface area (Å²) in [4.78, 5) is 0. The average Bonchev–Trinajstić information content (AvgIpc) is 2.15. The molecule has 0 aromatic heterocycles. The Kier molecular flexibility index (Phi) is 3.97. The molecular formula is C12H18O2Si. The lowest BCUT2D eigenvalue weighted by molar-refractivity contribution is 0.124. The van der Waals surface area contributed by atoms with Gasteiger partial charge in [-0.3, -0.25) is 0 Å². The lowest BCUT2D eigenvalue weighted by Crippen LogP contribution is -2.27. The van der Waals surface area contributed by atoms with Crippen LogP contribution in [0.4, 0.5) is 0 Å². The van der Waals surface area contributed by atoms with Crippen LogP contribution in [0, 0.1) is 0 Å². The molecule has 0 aliphatic rings. The van der Waals surface area contributed by atoms with E-state index in [9.17, 15) is 5.11 Å². The Bertz CT molecular complexity index is 325. The SMILES string of the molecule is C[Si](C)(C)CO/C(O)=C\c1ccccc1. The minimum Gasteiger partial charge on any atom is -0.481 e. The summed E-state index contributed by atoms with van der Waals surface area (Å²) in [7, 11) is -1.26. The highest BCUT2D eigenvalue weighted by Gasteiger charge is 2.14. The molecule has 1 N–H and O–H groups in total. The fourth-order valence-electron chi connectivity index (χ4n) is 1.02. The van der Waals surface area contributed by atoms with Gasteiger partial charge in [0.25, 0.3) is 5.95 Å². The smallest absolute Gasteiger partial charge is 0.276 e. The minimum absolute atomic E-state index is 0.00336. The topological polar surface area (TPSA) is 29.5 Å². The highest BCUT2D eigenvalue weighted by Crippen LogP contribution is 2.08. The molecule has 0 saturated carbocycles. The molecule has 0 saturated heterocycles. The molecule has 1 aromatic carbocycles. The Labute approximate surface area is 92.2 Å². The van der Waals surface area contributed by atoms with Crippen molar-refractivity contribution in [3.05, 3.63) is 41.8 Å². The first-order valence-electron chi connectivity index (χ1n) is 5.06. The first-order chi connectivity index (χ1) is 6.97. The van der Waals surface area contributed by atoms with Gasteiger partial charge in [-0.1, -0.05) is 50.0 Å². The number of aliphatic hydroxyl groups excluding tert-OH is 1. The van der Waals surface area contributed by atoms with Crippen LogP contribution < -0.4 is 0 Å². The molecule has 1 rings (SSSR count). The molecule has 2 nitrogen and oxygen atoms in total. The van der Waals surface area contributed by atoms with Gasteiger partial charge in [-0.2, -0.15) is 0 Å². The molecule has 0 bridgehead atoms. The van der Waals surface area contributed by atoms with Gasteiger partial charge in [0.2, 0.25) is 0 Å². The maximum absolute atomic E-state index is 9.53. The van der Waals surface area contributed by atoms with Crippen molar-refractivity contribution in [3.8, 4) is 0 Å². The van der Waals surface area contributed by atoms with Crippen LogP contribution >= 0.6 is 0 Å². The molecule has 0 spiro atoms. The maximum atomic E-state index is 9.53. The second-order valence-corrected chi connectivity index (χ2v) is 10.2. The zero-order chi connectivity index (χ0) is 11.3. The van der Waals surface area contributed by atoms with E-state index in [1.807, 2.05) is 30.3 Å². The third-order valence-electron chi connectivity index (χ3n) is 1.74. The second kappa shape index (κ2) is 5.03. The van der Waals surface area contributed by atoms with Crippen LogP contribution in [0.5, 0.6) is 0 Å². The fourth-order valence-corrected chi connectivity index (χ4v) is 1.60. The van der Waals surface area contributed by atoms with Gasteiger partial charge in [0, 0.05) is 6.08 Å². The van der Waals surface area contributed by atoms with Crippen LogP contribution in [-0.2, 0) is 4.74 Å². The molecule has 15 heavy (non-hydrogen) atoms. The van der Waals surface area contributed by atoms with E-state index in [1.54, 1.807) is 6.08 Å². The van der Waals surface area contributed by atoms with Gasteiger partial charge in [-0.05, 0) is 5.56 Å². The van der Waals surface area contributed by atoms with Crippen molar-refractivity contribution < 1.29 is 9.84 Å². The Morgan fingerprint density at radius 3 is 2.40 bits per heavy atom. The van der Waals surface area contributed by atoms with Crippen molar-refractivity contribution in [1.82, 2.24) is 0 Å². The summed E-state index contributed by atoms with van der Waals surface area (Å²) in [6.45, 7) is 6.59. The molecular weight excluding hydrogens is 204 g/mol. The zero-order valence-corrected chi connectivity index (χ0v) is 10.5. The lowest BCUT2D eigenvalue weighted by atomic mass is 10.2. The number of benzene rings is 1. The van der Waals surface area contributed by atoms with Crippen LogP contribution in [0.25, 0.3) is 6.08 Å². The van der Waals surface area contributed by atoms with E-state index in [0.717, 1.165) is 5.56 Å². The van der Waals surface area contributed by atoms with Gasteiger partial charge in [0.15, 0.2) is 0 Å². The average molecular weight is 222 g/mol. The molecule has 0 radical (unpaired) electrons. The highest BCUT2D eigenvalue weighted by atomic mass is 28.3. The molecule has 82 valence electrons. The summed E-state index contributed by atoms with van der Waals surface area (Å²) in [5.41, 5.74) is 0.950. The number of rotatable bonds is 4. The van der Waals surface area contributed by atoms with E-state index in [0.29, 0.717) is 6.23 Å². The van der Waals surface area contributed by atoms with Crippen LogP contribution in [0.15, 0.2) is 36.3 Å². The summed E-state index contributed by atoms with van der Waals surface area (Å²) < 4.78 is 5.29. The molecule has 1 aromatic rings. The van der Waals surface area contributed by atoms with Crippen LogP contribution in [0.2, 0.25) is 19.6 Å². The molecule has 0 atom stereocenters. The van der Waals surface area contributed by atoms with Gasteiger partial charge < -0.3 is 9.84 Å². The van der Waals surface area contributed by atoms with Crippen molar-refractivity contribution in [2.24, 2.45) is 0 Å². The van der Waals surface area contributed by atoms with E-state index >= 15 is 0 Å². The fraction of sp³-hybridized carbons (Fsp3) is 0.333. The summed E-state index contributed by atoms with van der Waals surface area (Å²) in [5.74, 6) is 0.00336. The molecule has 0 aliphatic heterocycles. The normalized spacial score (nSPS) is 12.6. The van der Waals surface area contributed by atoms with Crippen molar-refractivity contribution >= 4 is 14.1 Å². The Hall–Kier alpha value is -1.22. The molecule has 0 aliphatic carbocycles. The summed E-state index contributed by atoms with van der Waals surface area (Å²) >= 11 is 0. The quantitative estimate of drug-likeness (QED) is 0.624. The predicted molar refractivity (Wildman–Crippen MR) is 66.3 cm³/mol. The first-order valence-corrected chi connectivity index (χ1v) is 8.77. The molecule has 0 unspecified atom stereocenters. The third kappa shape index (κ3) is 5.27. The Balaban J connectivity index is 2.54. The summed E-state index contributed by atoms with van der Waals surface area (Å²) in [6, 6.07) is 9.65. The summed E-state index contributed by atoms with van der Waals surface area (Å²) in [5, 5.41) is 9.53. The van der Waals surface area contributed by atoms with E-state index < -0.39 is 8.07 Å². The molecule has 0 heterocycles. The minimum atomic E-state index is -1.26. The van der Waals surface area contributed by atoms with Crippen LogP contribution in [0.3, 0.4) is 0 Å². The van der Waals surface area contributed by atoms with Crippen LogP contribution in [-0.4, -0.2) is 19.4 Å². The Morgan fingerprint density at radius 2 is 1.87 bits per heavy atom. The van der Waals surface area contributed by atoms with Crippen LogP contribution in [0.1, 0.15) is 5.56 Å². The largest absolute Gasteiger partial charge is 0.481 e.